The maximum atomic E-state index is 13.1. The van der Waals surface area contributed by atoms with E-state index < -0.39 is 66.1 Å². The highest BCUT2D eigenvalue weighted by atomic mass is 32.1. The van der Waals surface area contributed by atoms with E-state index >= 15 is 0 Å². The molecule has 1 aliphatic heterocycles. The Morgan fingerprint density at radius 3 is 2.23 bits per heavy atom. The van der Waals surface area contributed by atoms with Gasteiger partial charge in [-0.05, 0) is 25.2 Å². The highest BCUT2D eigenvalue weighted by molar-refractivity contribution is 7.80. The van der Waals surface area contributed by atoms with E-state index in [1.165, 1.54) is 4.90 Å². The second kappa shape index (κ2) is 14.5. The number of carboxylic acids is 1. The second-order valence-corrected chi connectivity index (χ2v) is 8.99. The van der Waals surface area contributed by atoms with E-state index in [0.717, 1.165) is 0 Å². The number of hydrogen-bond acceptors (Lipinski definition) is 9. The molecule has 0 bridgehead atoms. The summed E-state index contributed by atoms with van der Waals surface area (Å²) in [4.78, 5) is 74.2. The van der Waals surface area contributed by atoms with E-state index in [1.807, 2.05) is 13.8 Å². The summed E-state index contributed by atoms with van der Waals surface area (Å²) in [5.74, 6) is 0.700. The number of nitrogens with one attached hydrogen (secondary N) is 4. The quantitative estimate of drug-likeness (QED) is 0.0659. The number of hydrazine groups is 1. The van der Waals surface area contributed by atoms with Crippen molar-refractivity contribution in [3.05, 3.63) is 0 Å². The Morgan fingerprint density at radius 2 is 1.71 bits per heavy atom. The molecule has 0 aliphatic carbocycles. The van der Waals surface area contributed by atoms with Crippen LogP contribution in [0.15, 0.2) is 0 Å². The Morgan fingerprint density at radius 1 is 1.06 bits per heavy atom. The van der Waals surface area contributed by atoms with Crippen LogP contribution in [0.5, 0.6) is 0 Å². The van der Waals surface area contributed by atoms with Crippen LogP contribution in [0.3, 0.4) is 0 Å². The number of nitrogens with two attached hydrogens (primary N) is 2. The topological polar surface area (TPSA) is 226 Å². The van der Waals surface area contributed by atoms with Gasteiger partial charge in [0.05, 0.1) is 13.0 Å². The molecule has 14 nitrogen and oxygen atoms in total. The van der Waals surface area contributed by atoms with Gasteiger partial charge in [0, 0.05) is 12.3 Å². The number of nitrogens with zero attached hydrogens (tertiary/aromatic N) is 1. The van der Waals surface area contributed by atoms with E-state index in [-0.39, 0.29) is 24.8 Å². The zero-order valence-electron chi connectivity index (χ0n) is 19.8. The summed E-state index contributed by atoms with van der Waals surface area (Å²) in [7, 11) is 0. The number of likely N-dealkylation sites (tertiary alicyclic amines) is 1. The van der Waals surface area contributed by atoms with Crippen molar-refractivity contribution in [2.45, 2.75) is 63.7 Å². The number of carbonyl (C=O) groups excluding carboxylic acids is 5. The average Bonchev–Trinajstić information content (AvgIpc) is 3.27. The molecule has 0 spiro atoms. The number of carboxylic acid groups (broad SMARTS) is 1. The minimum atomic E-state index is -1.27. The molecule has 1 rings (SSSR count). The number of thiol groups is 1. The molecular formula is C20H35N7O7S. The first-order chi connectivity index (χ1) is 16.4. The molecule has 15 heteroatoms. The lowest BCUT2D eigenvalue weighted by Gasteiger charge is -2.30. The van der Waals surface area contributed by atoms with Crippen LogP contribution in [0.4, 0.5) is 0 Å². The van der Waals surface area contributed by atoms with Crippen LogP contribution in [0.2, 0.25) is 0 Å². The van der Waals surface area contributed by atoms with Crippen molar-refractivity contribution in [2.75, 3.05) is 18.8 Å². The molecule has 1 heterocycles. The van der Waals surface area contributed by atoms with Crippen LogP contribution in [-0.2, 0) is 28.8 Å². The zero-order valence-corrected chi connectivity index (χ0v) is 20.7. The van der Waals surface area contributed by atoms with Gasteiger partial charge in [0.1, 0.15) is 24.2 Å². The Labute approximate surface area is 208 Å². The highest BCUT2D eigenvalue weighted by Gasteiger charge is 2.39. The highest BCUT2D eigenvalue weighted by Crippen LogP contribution is 2.20. The summed E-state index contributed by atoms with van der Waals surface area (Å²) in [6, 6.07) is -4.22. The zero-order chi connectivity index (χ0) is 26.7. The van der Waals surface area contributed by atoms with Crippen molar-refractivity contribution >= 4 is 48.1 Å². The van der Waals surface area contributed by atoms with Crippen molar-refractivity contribution in [3.8, 4) is 0 Å². The molecule has 9 N–H and O–H groups in total. The summed E-state index contributed by atoms with van der Waals surface area (Å²) in [6.45, 7) is 3.59. The van der Waals surface area contributed by atoms with Gasteiger partial charge in [0.2, 0.25) is 29.5 Å². The molecule has 198 valence electrons. The molecule has 0 radical (unpaired) electrons. The number of aliphatic carboxylic acids is 1. The summed E-state index contributed by atoms with van der Waals surface area (Å²) in [6.07, 6.45) is 0.558. The van der Waals surface area contributed by atoms with Gasteiger partial charge in [-0.3, -0.25) is 34.6 Å². The average molecular weight is 518 g/mol. The van der Waals surface area contributed by atoms with Gasteiger partial charge in [0.25, 0.3) is 0 Å². The lowest BCUT2D eigenvalue weighted by atomic mass is 10.0. The third-order valence-electron chi connectivity index (χ3n) is 5.31. The predicted octanol–water partition coefficient (Wildman–Crippen LogP) is -3.17. The molecule has 1 saturated heterocycles. The van der Waals surface area contributed by atoms with Gasteiger partial charge in [-0.25, -0.2) is 5.43 Å². The van der Waals surface area contributed by atoms with Crippen LogP contribution in [0.25, 0.3) is 0 Å². The molecule has 1 fully saturated rings. The van der Waals surface area contributed by atoms with E-state index in [4.69, 9.17) is 16.7 Å². The fraction of sp³-hybridized carbons (Fsp3) is 0.700. The normalized spacial score (nSPS) is 17.9. The molecule has 0 aromatic heterocycles. The molecule has 0 aromatic rings. The molecule has 5 amide bonds. The van der Waals surface area contributed by atoms with Crippen molar-refractivity contribution in [3.63, 3.8) is 0 Å². The largest absolute Gasteiger partial charge is 0.481 e. The number of rotatable bonds is 14. The van der Waals surface area contributed by atoms with Crippen LogP contribution < -0.4 is 33.0 Å². The summed E-state index contributed by atoms with van der Waals surface area (Å²) < 4.78 is 0. The molecule has 0 unspecified atom stereocenters. The van der Waals surface area contributed by atoms with E-state index in [0.29, 0.717) is 19.3 Å². The fourth-order valence-corrected chi connectivity index (χ4v) is 3.88. The maximum Gasteiger partial charge on any atom is 0.305 e. The van der Waals surface area contributed by atoms with Gasteiger partial charge < -0.3 is 31.7 Å². The monoisotopic (exact) mass is 517 g/mol. The minimum absolute atomic E-state index is 0.0413. The SMILES string of the molecule is CC(C)C[C@H](NC(=O)[C@@H]1CCCN1C(=O)[C@H](CS)NC(=O)[C@H](CC(=O)O)NN)C(=O)NCC(N)=O. The number of amides is 5. The predicted molar refractivity (Wildman–Crippen MR) is 127 cm³/mol. The van der Waals surface area contributed by atoms with Gasteiger partial charge in [-0.2, -0.15) is 12.6 Å². The number of carbonyl (C=O) groups is 6. The second-order valence-electron chi connectivity index (χ2n) is 8.63. The van der Waals surface area contributed by atoms with Gasteiger partial charge in [0.15, 0.2) is 0 Å². The van der Waals surface area contributed by atoms with Crippen LogP contribution in [-0.4, -0.2) is 88.5 Å². The standard InChI is InChI=1S/C20H35N7O7S/c1-10(2)6-11(17(31)23-8-15(21)28)24-19(33)14-4-3-5-27(14)20(34)13(9-35)25-18(32)12(26-22)7-16(29)30/h10-14,26,35H,3-9,22H2,1-2H3,(H2,21,28)(H,23,31)(H,24,33)(H,25,32)(H,29,30)/t11-,12-,13-,14-/m0/s1. The first kappa shape index (κ1) is 30.1. The van der Waals surface area contributed by atoms with Crippen LogP contribution in [0, 0.1) is 5.92 Å². The summed E-state index contributed by atoms with van der Waals surface area (Å²) >= 11 is 4.11. The fourth-order valence-electron chi connectivity index (χ4n) is 3.63. The van der Waals surface area contributed by atoms with Crippen LogP contribution >= 0.6 is 12.6 Å². The lowest BCUT2D eigenvalue weighted by Crippen LogP contribution is -2.59. The minimum Gasteiger partial charge on any atom is -0.481 e. The number of hydrogen-bond donors (Lipinski definition) is 8. The summed E-state index contributed by atoms with van der Waals surface area (Å²) in [5, 5.41) is 16.3. The van der Waals surface area contributed by atoms with Crippen molar-refractivity contribution < 1.29 is 33.9 Å². The number of primary amides is 1. The molecular weight excluding hydrogens is 482 g/mol. The molecule has 0 saturated carbocycles. The van der Waals surface area contributed by atoms with E-state index in [2.05, 4.69) is 34.0 Å². The molecule has 35 heavy (non-hydrogen) atoms. The van der Waals surface area contributed by atoms with Gasteiger partial charge >= 0.3 is 5.97 Å². The first-order valence-electron chi connectivity index (χ1n) is 11.2. The van der Waals surface area contributed by atoms with Crippen molar-refractivity contribution in [2.24, 2.45) is 17.5 Å². The van der Waals surface area contributed by atoms with Gasteiger partial charge in [-0.1, -0.05) is 13.8 Å². The molecule has 1 aliphatic rings. The third kappa shape index (κ3) is 9.70. The Bertz CT molecular complexity index is 811. The molecule has 4 atom stereocenters. The Kier molecular flexibility index (Phi) is 12.5. The smallest absolute Gasteiger partial charge is 0.305 e. The maximum absolute atomic E-state index is 13.1. The van der Waals surface area contributed by atoms with E-state index in [1.54, 1.807) is 0 Å². The first-order valence-corrected chi connectivity index (χ1v) is 11.8. The van der Waals surface area contributed by atoms with E-state index in [9.17, 15) is 28.8 Å². The van der Waals surface area contributed by atoms with Crippen molar-refractivity contribution in [1.29, 1.82) is 0 Å². The third-order valence-corrected chi connectivity index (χ3v) is 5.67. The summed E-state index contributed by atoms with van der Waals surface area (Å²) in [5.41, 5.74) is 7.15. The van der Waals surface area contributed by atoms with Crippen molar-refractivity contribution in [1.82, 2.24) is 26.3 Å². The molecule has 0 aromatic carbocycles. The Hall–Kier alpha value is -2.91. The lowest BCUT2D eigenvalue weighted by molar-refractivity contribution is -0.142. The van der Waals surface area contributed by atoms with Crippen LogP contribution in [0.1, 0.15) is 39.5 Å². The van der Waals surface area contributed by atoms with Gasteiger partial charge in [-0.15, -0.1) is 0 Å². The Balaban J connectivity index is 2.91.